The van der Waals surface area contributed by atoms with Gasteiger partial charge < -0.3 is 10.6 Å². The van der Waals surface area contributed by atoms with Gasteiger partial charge in [0.25, 0.3) is 0 Å². The summed E-state index contributed by atoms with van der Waals surface area (Å²) in [6, 6.07) is 12.9. The van der Waals surface area contributed by atoms with Gasteiger partial charge in [-0.1, -0.05) is 23.4 Å². The van der Waals surface area contributed by atoms with Gasteiger partial charge in [0.15, 0.2) is 5.84 Å². The number of carbonyl (C=O) groups excluding carboxylic acids is 1. The Labute approximate surface area is 149 Å². The number of oxime groups is 1. The van der Waals surface area contributed by atoms with Crippen molar-refractivity contribution in [2.24, 2.45) is 10.9 Å². The molecule has 7 heteroatoms. The van der Waals surface area contributed by atoms with E-state index in [4.69, 9.17) is 10.6 Å². The van der Waals surface area contributed by atoms with Crippen molar-refractivity contribution in [1.82, 2.24) is 9.78 Å². The Bertz CT molecular complexity index is 896. The number of aryl methyl sites for hydroxylation is 2. The minimum Gasteiger partial charge on any atom is -0.380 e. The van der Waals surface area contributed by atoms with Gasteiger partial charge in [0.1, 0.15) is 0 Å². The summed E-state index contributed by atoms with van der Waals surface area (Å²) in [5.41, 5.74) is 9.31. The van der Waals surface area contributed by atoms with E-state index in [0.29, 0.717) is 12.1 Å². The first-order valence-corrected chi connectivity index (χ1v) is 8.59. The molecule has 0 bridgehead atoms. The molecular weight excluding hydrogens is 336 g/mol. The van der Waals surface area contributed by atoms with Crippen LogP contribution in [0.1, 0.15) is 32.2 Å². The third kappa shape index (κ3) is 4.13. The predicted octanol–water partition coefficient (Wildman–Crippen LogP) is 3.09. The molecule has 0 aliphatic rings. The first-order valence-electron chi connectivity index (χ1n) is 7.71. The van der Waals surface area contributed by atoms with Gasteiger partial charge in [-0.3, -0.25) is 4.68 Å². The maximum absolute atomic E-state index is 12.0. The number of hydrogen-bond donors (Lipinski definition) is 1. The second-order valence-electron chi connectivity index (χ2n) is 5.61. The number of thiophene rings is 1. The minimum atomic E-state index is -0.544. The fourth-order valence-electron chi connectivity index (χ4n) is 2.37. The molecular formula is C18H18N4O2S. The molecule has 6 nitrogen and oxygen atoms in total. The molecule has 1 aromatic carbocycles. The number of aromatic nitrogens is 2. The van der Waals surface area contributed by atoms with E-state index in [1.54, 1.807) is 12.1 Å². The van der Waals surface area contributed by atoms with Crippen LogP contribution in [0.5, 0.6) is 0 Å². The Balaban J connectivity index is 1.64. The van der Waals surface area contributed by atoms with Crippen LogP contribution in [-0.2, 0) is 11.4 Å². The highest BCUT2D eigenvalue weighted by Crippen LogP contribution is 2.11. The quantitative estimate of drug-likeness (QED) is 0.330. The summed E-state index contributed by atoms with van der Waals surface area (Å²) in [4.78, 5) is 17.7. The van der Waals surface area contributed by atoms with E-state index in [1.165, 1.54) is 11.3 Å². The van der Waals surface area contributed by atoms with Crippen molar-refractivity contribution in [2.75, 3.05) is 0 Å². The Morgan fingerprint density at radius 2 is 2.04 bits per heavy atom. The summed E-state index contributed by atoms with van der Waals surface area (Å²) >= 11 is 1.43. The fourth-order valence-corrected chi connectivity index (χ4v) is 2.99. The molecule has 3 aromatic rings. The number of carbonyl (C=O) groups is 1. The lowest BCUT2D eigenvalue weighted by Crippen LogP contribution is -2.13. The van der Waals surface area contributed by atoms with E-state index in [-0.39, 0.29) is 5.84 Å². The first-order chi connectivity index (χ1) is 12.0. The molecule has 0 saturated heterocycles. The lowest BCUT2D eigenvalue weighted by atomic mass is 10.1. The van der Waals surface area contributed by atoms with Gasteiger partial charge >= 0.3 is 5.97 Å². The molecule has 2 heterocycles. The van der Waals surface area contributed by atoms with Crippen molar-refractivity contribution in [3.8, 4) is 0 Å². The maximum atomic E-state index is 12.0. The molecule has 0 radical (unpaired) electrons. The van der Waals surface area contributed by atoms with E-state index in [1.807, 2.05) is 54.2 Å². The van der Waals surface area contributed by atoms with Crippen molar-refractivity contribution < 1.29 is 9.63 Å². The molecule has 0 unspecified atom stereocenters. The van der Waals surface area contributed by atoms with Gasteiger partial charge in [-0.2, -0.15) is 5.10 Å². The van der Waals surface area contributed by atoms with Gasteiger partial charge in [0.05, 0.1) is 22.7 Å². The Kier molecular flexibility index (Phi) is 4.95. The van der Waals surface area contributed by atoms with Crippen molar-refractivity contribution in [3.63, 3.8) is 0 Å². The summed E-state index contributed by atoms with van der Waals surface area (Å²) in [6.07, 6.45) is 0. The summed E-state index contributed by atoms with van der Waals surface area (Å²) in [7, 11) is 0. The zero-order valence-electron chi connectivity index (χ0n) is 14.0. The summed E-state index contributed by atoms with van der Waals surface area (Å²) < 4.78 is 1.93. The van der Waals surface area contributed by atoms with E-state index in [0.717, 1.165) is 21.8 Å². The average molecular weight is 354 g/mol. The van der Waals surface area contributed by atoms with Gasteiger partial charge in [-0.15, -0.1) is 11.3 Å². The third-order valence-electron chi connectivity index (χ3n) is 3.63. The Morgan fingerprint density at radius 3 is 2.64 bits per heavy atom. The maximum Gasteiger partial charge on any atom is 0.365 e. The first kappa shape index (κ1) is 16.9. The minimum absolute atomic E-state index is 0.185. The third-order valence-corrected chi connectivity index (χ3v) is 4.52. The van der Waals surface area contributed by atoms with Crippen LogP contribution < -0.4 is 5.73 Å². The second-order valence-corrected chi connectivity index (χ2v) is 6.56. The normalized spacial score (nSPS) is 11.5. The predicted molar refractivity (Wildman–Crippen MR) is 97.7 cm³/mol. The van der Waals surface area contributed by atoms with Gasteiger partial charge in [0.2, 0.25) is 0 Å². The second kappa shape index (κ2) is 7.31. The Hall–Kier alpha value is -2.93. The summed E-state index contributed by atoms with van der Waals surface area (Å²) in [5.74, 6) is -0.360. The average Bonchev–Trinajstić information content (AvgIpc) is 3.23. The lowest BCUT2D eigenvalue weighted by molar-refractivity contribution is 0.0516. The number of nitrogens with zero attached hydrogens (tertiary/aromatic N) is 3. The summed E-state index contributed by atoms with van der Waals surface area (Å²) in [6.45, 7) is 4.63. The summed E-state index contributed by atoms with van der Waals surface area (Å²) in [5, 5.41) is 10.00. The number of rotatable bonds is 5. The molecule has 2 aromatic heterocycles. The van der Waals surface area contributed by atoms with Gasteiger partial charge in [0, 0.05) is 5.69 Å². The van der Waals surface area contributed by atoms with Crippen LogP contribution in [0.3, 0.4) is 0 Å². The van der Waals surface area contributed by atoms with E-state index in [2.05, 4.69) is 10.3 Å². The van der Waals surface area contributed by atoms with Crippen LogP contribution >= 0.6 is 11.3 Å². The zero-order valence-corrected chi connectivity index (χ0v) is 14.8. The van der Waals surface area contributed by atoms with Crippen LogP contribution in [0.2, 0.25) is 0 Å². The molecule has 0 spiro atoms. The van der Waals surface area contributed by atoms with Crippen molar-refractivity contribution in [3.05, 3.63) is 75.2 Å². The monoisotopic (exact) mass is 354 g/mol. The fraction of sp³-hybridized carbons (Fsp3) is 0.167. The van der Waals surface area contributed by atoms with E-state index < -0.39 is 5.97 Å². The number of benzene rings is 1. The number of amidine groups is 1. The van der Waals surface area contributed by atoms with Crippen LogP contribution in [-0.4, -0.2) is 21.6 Å². The molecule has 3 rings (SSSR count). The number of nitrogens with two attached hydrogens (primary N) is 1. The lowest BCUT2D eigenvalue weighted by Gasteiger charge is -2.05. The highest BCUT2D eigenvalue weighted by atomic mass is 32.1. The largest absolute Gasteiger partial charge is 0.380 e. The Morgan fingerprint density at radius 1 is 1.28 bits per heavy atom. The molecule has 2 N–H and O–H groups in total. The topological polar surface area (TPSA) is 82.5 Å². The SMILES string of the molecule is Cc1cc(C)n(Cc2ccc(C(=O)O/N=C(\N)c3cccs3)cc2)n1. The molecule has 25 heavy (non-hydrogen) atoms. The standard InChI is InChI=1S/C18H18N4O2S/c1-12-10-13(2)22(20-12)11-14-5-7-15(8-6-14)18(23)24-21-17(19)16-4-3-9-25-16/h3-10H,11H2,1-2H3,(H2,19,21). The van der Waals surface area contributed by atoms with Crippen LogP contribution in [0.25, 0.3) is 0 Å². The van der Waals surface area contributed by atoms with Crippen LogP contribution in [0, 0.1) is 13.8 Å². The molecule has 0 aliphatic heterocycles. The van der Waals surface area contributed by atoms with Gasteiger partial charge in [-0.05, 0) is 49.1 Å². The van der Waals surface area contributed by atoms with Crippen molar-refractivity contribution >= 4 is 23.1 Å². The van der Waals surface area contributed by atoms with Crippen LogP contribution in [0.4, 0.5) is 0 Å². The molecule has 0 aliphatic carbocycles. The molecule has 0 atom stereocenters. The van der Waals surface area contributed by atoms with Crippen LogP contribution in [0.15, 0.2) is 53.0 Å². The highest BCUT2D eigenvalue weighted by molar-refractivity contribution is 7.12. The molecule has 0 saturated carbocycles. The highest BCUT2D eigenvalue weighted by Gasteiger charge is 2.09. The van der Waals surface area contributed by atoms with E-state index >= 15 is 0 Å². The number of hydrogen-bond acceptors (Lipinski definition) is 5. The molecule has 0 amide bonds. The zero-order chi connectivity index (χ0) is 17.8. The smallest absolute Gasteiger partial charge is 0.365 e. The van der Waals surface area contributed by atoms with Gasteiger partial charge in [-0.25, -0.2) is 4.79 Å². The van der Waals surface area contributed by atoms with Crippen molar-refractivity contribution in [1.29, 1.82) is 0 Å². The molecule has 0 fully saturated rings. The van der Waals surface area contributed by atoms with E-state index in [9.17, 15) is 4.79 Å². The molecule has 128 valence electrons. The van der Waals surface area contributed by atoms with Crippen molar-refractivity contribution in [2.45, 2.75) is 20.4 Å².